The Morgan fingerprint density at radius 1 is 1.22 bits per heavy atom. The van der Waals surface area contributed by atoms with E-state index in [9.17, 15) is 0 Å². The smallest absolute Gasteiger partial charge is 0.0243 e. The van der Waals surface area contributed by atoms with Crippen LogP contribution in [0.5, 0.6) is 0 Å². The Bertz CT molecular complexity index is 218. The van der Waals surface area contributed by atoms with Crippen LogP contribution in [-0.4, -0.2) is 36.6 Å². The van der Waals surface area contributed by atoms with Crippen molar-refractivity contribution in [3.8, 4) is 0 Å². The lowest BCUT2D eigenvalue weighted by atomic mass is 9.85. The van der Waals surface area contributed by atoms with Crippen LogP contribution in [0.1, 0.15) is 66.7 Å². The Kier molecular flexibility index (Phi) is 6.65. The first kappa shape index (κ1) is 16.0. The van der Waals surface area contributed by atoms with E-state index in [0.717, 1.165) is 12.6 Å². The molecule has 0 bridgehead atoms. The van der Waals surface area contributed by atoms with Gasteiger partial charge in [0.15, 0.2) is 0 Å². The Morgan fingerprint density at radius 3 is 2.50 bits per heavy atom. The van der Waals surface area contributed by atoms with Gasteiger partial charge in [-0.1, -0.05) is 47.5 Å². The van der Waals surface area contributed by atoms with Crippen LogP contribution in [0.4, 0.5) is 0 Å². The van der Waals surface area contributed by atoms with Gasteiger partial charge in [0.2, 0.25) is 0 Å². The molecule has 0 radical (unpaired) electrons. The molecule has 2 heteroatoms. The van der Waals surface area contributed by atoms with E-state index in [1.165, 1.54) is 45.2 Å². The van der Waals surface area contributed by atoms with E-state index in [4.69, 9.17) is 0 Å². The van der Waals surface area contributed by atoms with E-state index in [-0.39, 0.29) is 0 Å². The van der Waals surface area contributed by atoms with Gasteiger partial charge in [-0.05, 0) is 37.8 Å². The molecule has 0 saturated carbocycles. The third-order valence-corrected chi connectivity index (χ3v) is 4.28. The largest absolute Gasteiger partial charge is 0.312 e. The van der Waals surface area contributed by atoms with E-state index >= 15 is 0 Å². The van der Waals surface area contributed by atoms with Gasteiger partial charge in [0.1, 0.15) is 0 Å². The molecule has 2 nitrogen and oxygen atoms in total. The molecular weight excluding hydrogens is 220 g/mol. The molecule has 1 aliphatic rings. The first-order chi connectivity index (χ1) is 8.49. The maximum Gasteiger partial charge on any atom is 0.0243 e. The van der Waals surface area contributed by atoms with Gasteiger partial charge in [0.05, 0.1) is 0 Å². The van der Waals surface area contributed by atoms with Gasteiger partial charge >= 0.3 is 0 Å². The number of hydrogen-bond acceptors (Lipinski definition) is 2. The highest BCUT2D eigenvalue weighted by atomic mass is 15.2. The van der Waals surface area contributed by atoms with E-state index in [1.54, 1.807) is 0 Å². The average Bonchev–Trinajstić information content (AvgIpc) is 2.30. The molecule has 0 aromatic carbocycles. The van der Waals surface area contributed by atoms with E-state index in [1.807, 2.05) is 0 Å². The van der Waals surface area contributed by atoms with Crippen LogP contribution in [0.2, 0.25) is 0 Å². The van der Waals surface area contributed by atoms with Crippen molar-refractivity contribution in [1.82, 2.24) is 10.2 Å². The highest BCUT2D eigenvalue weighted by Crippen LogP contribution is 2.25. The number of likely N-dealkylation sites (N-methyl/N-ethyl adjacent to an activating group) is 1. The number of likely N-dealkylation sites (tertiary alicyclic amines) is 1. The number of nitrogens with zero attached hydrogens (tertiary/aromatic N) is 1. The Hall–Kier alpha value is -0.0800. The van der Waals surface area contributed by atoms with Crippen LogP contribution in [0.25, 0.3) is 0 Å². The van der Waals surface area contributed by atoms with Crippen molar-refractivity contribution in [3.63, 3.8) is 0 Å². The number of hydrogen-bond donors (Lipinski definition) is 1. The summed E-state index contributed by atoms with van der Waals surface area (Å²) in [6.07, 6.45) is 6.94. The Labute approximate surface area is 115 Å². The summed E-state index contributed by atoms with van der Waals surface area (Å²) in [6.45, 7) is 15.2. The van der Waals surface area contributed by atoms with Crippen LogP contribution >= 0.6 is 0 Å². The van der Waals surface area contributed by atoms with Crippen molar-refractivity contribution < 1.29 is 0 Å². The number of nitrogens with one attached hydrogen (secondary N) is 1. The molecule has 1 fully saturated rings. The molecule has 108 valence electrons. The summed E-state index contributed by atoms with van der Waals surface area (Å²) in [4.78, 5) is 2.76. The quantitative estimate of drug-likeness (QED) is 0.778. The van der Waals surface area contributed by atoms with Crippen molar-refractivity contribution in [1.29, 1.82) is 0 Å². The van der Waals surface area contributed by atoms with Gasteiger partial charge in [-0.3, -0.25) is 4.90 Å². The summed E-state index contributed by atoms with van der Waals surface area (Å²) in [5, 5.41) is 3.69. The molecule has 2 atom stereocenters. The minimum Gasteiger partial charge on any atom is -0.312 e. The zero-order chi connectivity index (χ0) is 13.6. The molecule has 0 aromatic heterocycles. The number of piperidine rings is 1. The van der Waals surface area contributed by atoms with Crippen LogP contribution in [0.3, 0.4) is 0 Å². The predicted molar refractivity (Wildman–Crippen MR) is 81.0 cm³/mol. The van der Waals surface area contributed by atoms with Crippen molar-refractivity contribution in [3.05, 3.63) is 0 Å². The van der Waals surface area contributed by atoms with Crippen LogP contribution in [0, 0.1) is 5.41 Å². The molecule has 0 aromatic rings. The fraction of sp³-hybridized carbons (Fsp3) is 1.00. The number of rotatable bonds is 6. The molecule has 1 aliphatic heterocycles. The standard InChI is InChI=1S/C16H34N2/c1-6-10-14-11-8-9-12-18(14)13-15(17-7-2)16(3,4)5/h14-15,17H,6-13H2,1-5H3. The molecular formula is C16H34N2. The summed E-state index contributed by atoms with van der Waals surface area (Å²) < 4.78 is 0. The molecule has 1 saturated heterocycles. The lowest BCUT2D eigenvalue weighted by Gasteiger charge is -2.41. The molecule has 1 N–H and O–H groups in total. The lowest BCUT2D eigenvalue weighted by Crippen LogP contribution is -2.52. The Morgan fingerprint density at radius 2 is 1.94 bits per heavy atom. The SMILES string of the molecule is CCCC1CCCCN1CC(NCC)C(C)(C)C. The van der Waals surface area contributed by atoms with Crippen LogP contribution in [0.15, 0.2) is 0 Å². The van der Waals surface area contributed by atoms with Gasteiger partial charge in [-0.15, -0.1) is 0 Å². The summed E-state index contributed by atoms with van der Waals surface area (Å²) >= 11 is 0. The molecule has 0 amide bonds. The second-order valence-electron chi connectivity index (χ2n) is 6.91. The average molecular weight is 254 g/mol. The topological polar surface area (TPSA) is 15.3 Å². The second kappa shape index (κ2) is 7.49. The van der Waals surface area contributed by atoms with Crippen molar-refractivity contribution in [2.24, 2.45) is 5.41 Å². The van der Waals surface area contributed by atoms with Gasteiger partial charge < -0.3 is 5.32 Å². The minimum atomic E-state index is 0.351. The fourth-order valence-electron chi connectivity index (χ4n) is 3.09. The first-order valence-corrected chi connectivity index (χ1v) is 7.96. The summed E-state index contributed by atoms with van der Waals surface area (Å²) in [6, 6.07) is 1.45. The molecule has 0 spiro atoms. The fourth-order valence-corrected chi connectivity index (χ4v) is 3.09. The molecule has 2 unspecified atom stereocenters. The second-order valence-corrected chi connectivity index (χ2v) is 6.91. The van der Waals surface area contributed by atoms with Crippen LogP contribution < -0.4 is 5.32 Å². The molecule has 0 aliphatic carbocycles. The van der Waals surface area contributed by atoms with Crippen molar-refractivity contribution >= 4 is 0 Å². The zero-order valence-corrected chi connectivity index (χ0v) is 13.3. The Balaban J connectivity index is 2.59. The molecule has 1 heterocycles. The van der Waals surface area contributed by atoms with E-state index in [2.05, 4.69) is 44.8 Å². The normalized spacial score (nSPS) is 24.2. The summed E-state index contributed by atoms with van der Waals surface area (Å²) in [5.41, 5.74) is 0.351. The minimum absolute atomic E-state index is 0.351. The van der Waals surface area contributed by atoms with Gasteiger partial charge in [-0.25, -0.2) is 0 Å². The van der Waals surface area contributed by atoms with Crippen molar-refractivity contribution in [2.75, 3.05) is 19.6 Å². The summed E-state index contributed by atoms with van der Waals surface area (Å²) in [5.74, 6) is 0. The maximum atomic E-state index is 3.69. The van der Waals surface area contributed by atoms with Gasteiger partial charge in [0.25, 0.3) is 0 Å². The predicted octanol–water partition coefficient (Wildman–Crippen LogP) is 3.67. The van der Waals surface area contributed by atoms with Gasteiger partial charge in [-0.2, -0.15) is 0 Å². The van der Waals surface area contributed by atoms with Crippen LogP contribution in [-0.2, 0) is 0 Å². The summed E-state index contributed by atoms with van der Waals surface area (Å²) in [7, 11) is 0. The maximum absolute atomic E-state index is 3.69. The monoisotopic (exact) mass is 254 g/mol. The molecule has 1 rings (SSSR count). The third kappa shape index (κ3) is 4.89. The third-order valence-electron chi connectivity index (χ3n) is 4.28. The highest BCUT2D eigenvalue weighted by Gasteiger charge is 2.29. The highest BCUT2D eigenvalue weighted by molar-refractivity contribution is 4.87. The van der Waals surface area contributed by atoms with E-state index in [0.29, 0.717) is 11.5 Å². The lowest BCUT2D eigenvalue weighted by molar-refractivity contribution is 0.0983. The van der Waals surface area contributed by atoms with E-state index < -0.39 is 0 Å². The van der Waals surface area contributed by atoms with Gasteiger partial charge in [0, 0.05) is 18.6 Å². The van der Waals surface area contributed by atoms with Crippen molar-refractivity contribution in [2.45, 2.75) is 78.8 Å². The first-order valence-electron chi connectivity index (χ1n) is 7.96. The zero-order valence-electron chi connectivity index (χ0n) is 13.3. The molecule has 18 heavy (non-hydrogen) atoms.